The molecule has 2 aromatic rings. The zero-order valence-corrected chi connectivity index (χ0v) is 17.4. The van der Waals surface area contributed by atoms with E-state index in [4.69, 9.17) is 9.47 Å². The summed E-state index contributed by atoms with van der Waals surface area (Å²) in [4.78, 5) is 26.6. The van der Waals surface area contributed by atoms with E-state index in [-0.39, 0.29) is 24.5 Å². The lowest BCUT2D eigenvalue weighted by atomic mass is 9.98. The van der Waals surface area contributed by atoms with Gasteiger partial charge in [0, 0.05) is 5.92 Å². The lowest BCUT2D eigenvalue weighted by molar-refractivity contribution is -0.133. The molecule has 1 aliphatic rings. The van der Waals surface area contributed by atoms with Gasteiger partial charge in [-0.25, -0.2) is 9.69 Å². The van der Waals surface area contributed by atoms with Crippen molar-refractivity contribution >= 4 is 12.0 Å². The topological polar surface area (TPSA) is 55.8 Å². The van der Waals surface area contributed by atoms with Crippen molar-refractivity contribution in [2.45, 2.75) is 38.8 Å². The lowest BCUT2D eigenvalue weighted by Crippen LogP contribution is -2.43. The first-order chi connectivity index (χ1) is 14.7. The Hall–Kier alpha value is -2.92. The van der Waals surface area contributed by atoms with Crippen molar-refractivity contribution in [1.82, 2.24) is 4.90 Å². The molecule has 2 amide bonds. The molecule has 0 aliphatic carbocycles. The molecule has 1 fully saturated rings. The first-order valence-electron chi connectivity index (χ1n) is 10.5. The molecule has 158 valence electrons. The zero-order chi connectivity index (χ0) is 21.2. The largest absolute Gasteiger partial charge is 0.447 e. The molecule has 1 heterocycles. The highest BCUT2D eigenvalue weighted by molar-refractivity contribution is 5.94. The molecule has 0 N–H and O–H groups in total. The summed E-state index contributed by atoms with van der Waals surface area (Å²) in [5, 5.41) is 0. The van der Waals surface area contributed by atoms with E-state index in [0.717, 1.165) is 11.1 Å². The average Bonchev–Trinajstić information content (AvgIpc) is 3.14. The lowest BCUT2D eigenvalue weighted by Gasteiger charge is -2.23. The van der Waals surface area contributed by atoms with Crippen LogP contribution in [0.15, 0.2) is 72.8 Å². The highest BCUT2D eigenvalue weighted by Gasteiger charge is 2.39. The first-order valence-corrected chi connectivity index (χ1v) is 10.5. The third-order valence-electron chi connectivity index (χ3n) is 5.27. The van der Waals surface area contributed by atoms with Crippen LogP contribution in [0.3, 0.4) is 0 Å². The minimum absolute atomic E-state index is 0.157. The second-order valence-electron chi connectivity index (χ2n) is 7.44. The molecule has 1 aliphatic heterocycles. The molecule has 2 atom stereocenters. The van der Waals surface area contributed by atoms with Crippen LogP contribution in [0, 0.1) is 5.92 Å². The van der Waals surface area contributed by atoms with Gasteiger partial charge in [0.1, 0.15) is 6.61 Å². The summed E-state index contributed by atoms with van der Waals surface area (Å²) in [6.07, 6.45) is 5.21. The monoisotopic (exact) mass is 407 g/mol. The maximum absolute atomic E-state index is 13.1. The van der Waals surface area contributed by atoms with Gasteiger partial charge in [0.25, 0.3) is 0 Å². The van der Waals surface area contributed by atoms with Crippen molar-refractivity contribution in [3.8, 4) is 0 Å². The van der Waals surface area contributed by atoms with Crippen LogP contribution < -0.4 is 0 Å². The van der Waals surface area contributed by atoms with Gasteiger partial charge in [0.15, 0.2) is 0 Å². The molecule has 3 rings (SSSR count). The maximum atomic E-state index is 13.1. The van der Waals surface area contributed by atoms with Crippen molar-refractivity contribution < 1.29 is 19.1 Å². The van der Waals surface area contributed by atoms with Crippen LogP contribution in [0.4, 0.5) is 4.79 Å². The molecule has 0 radical (unpaired) electrons. The number of ether oxygens (including phenoxy) is 2. The fraction of sp³-hybridized carbons (Fsp3) is 0.360. The third-order valence-corrected chi connectivity index (χ3v) is 5.27. The normalized spacial score (nSPS) is 17.3. The highest BCUT2D eigenvalue weighted by Crippen LogP contribution is 2.23. The zero-order valence-electron chi connectivity index (χ0n) is 17.4. The van der Waals surface area contributed by atoms with Crippen LogP contribution in [-0.2, 0) is 27.3 Å². The minimum Gasteiger partial charge on any atom is -0.447 e. The van der Waals surface area contributed by atoms with Crippen LogP contribution in [0.2, 0.25) is 0 Å². The highest BCUT2D eigenvalue weighted by atomic mass is 16.6. The number of amides is 2. The second-order valence-corrected chi connectivity index (χ2v) is 7.44. The van der Waals surface area contributed by atoms with Gasteiger partial charge in [-0.15, -0.1) is 0 Å². The van der Waals surface area contributed by atoms with Gasteiger partial charge < -0.3 is 9.47 Å². The fourth-order valence-electron chi connectivity index (χ4n) is 3.55. The molecule has 0 bridgehead atoms. The Morgan fingerprint density at radius 3 is 2.43 bits per heavy atom. The van der Waals surface area contributed by atoms with Gasteiger partial charge >= 0.3 is 6.09 Å². The van der Waals surface area contributed by atoms with Gasteiger partial charge in [-0.1, -0.05) is 79.7 Å². The average molecular weight is 408 g/mol. The molecule has 0 aromatic heterocycles. The van der Waals surface area contributed by atoms with Crippen LogP contribution in [-0.4, -0.2) is 36.2 Å². The van der Waals surface area contributed by atoms with Gasteiger partial charge in [-0.2, -0.15) is 0 Å². The number of allylic oxidation sites excluding steroid dienone is 1. The Morgan fingerprint density at radius 1 is 1.10 bits per heavy atom. The van der Waals surface area contributed by atoms with Gasteiger partial charge in [-0.3, -0.25) is 4.79 Å². The fourth-order valence-corrected chi connectivity index (χ4v) is 3.55. The van der Waals surface area contributed by atoms with E-state index in [0.29, 0.717) is 32.5 Å². The molecule has 5 heteroatoms. The van der Waals surface area contributed by atoms with Gasteiger partial charge in [0.05, 0.1) is 19.3 Å². The Balaban J connectivity index is 1.50. The number of carbonyl (C=O) groups is 2. The quantitative estimate of drug-likeness (QED) is 0.421. The number of cyclic esters (lactones) is 1. The maximum Gasteiger partial charge on any atom is 0.416 e. The SMILES string of the molecule is CC[C@H](C/C=C/COCc1ccccc1)C(=O)N1C(=O)OC[C@@H]1Cc1ccccc1. The van der Waals surface area contributed by atoms with Crippen LogP contribution in [0.1, 0.15) is 30.9 Å². The molecule has 0 saturated carbocycles. The van der Waals surface area contributed by atoms with E-state index in [1.165, 1.54) is 4.90 Å². The Labute approximate surface area is 178 Å². The number of hydrogen-bond acceptors (Lipinski definition) is 4. The standard InChI is InChI=1S/C25H29NO4/c1-2-22(15-9-10-16-29-18-21-13-7-4-8-14-21)24(27)26-23(19-30-25(26)28)17-20-11-5-3-6-12-20/h3-14,22-23H,2,15-19H2,1H3/b10-9+/t22-,23+/m1/s1. The van der Waals surface area contributed by atoms with Crippen molar-refractivity contribution in [1.29, 1.82) is 0 Å². The molecule has 5 nitrogen and oxygen atoms in total. The summed E-state index contributed by atoms with van der Waals surface area (Å²) in [7, 11) is 0. The summed E-state index contributed by atoms with van der Waals surface area (Å²) in [5.41, 5.74) is 2.21. The van der Waals surface area contributed by atoms with Gasteiger partial charge in [0.2, 0.25) is 5.91 Å². The number of benzene rings is 2. The van der Waals surface area contributed by atoms with E-state index in [1.807, 2.05) is 79.7 Å². The number of nitrogens with zero attached hydrogens (tertiary/aromatic N) is 1. The molecule has 30 heavy (non-hydrogen) atoms. The van der Waals surface area contributed by atoms with Crippen molar-refractivity contribution in [2.75, 3.05) is 13.2 Å². The summed E-state index contributed by atoms with van der Waals surface area (Å²) >= 11 is 0. The van der Waals surface area contributed by atoms with E-state index in [9.17, 15) is 9.59 Å². The Bertz CT molecular complexity index is 835. The first kappa shape index (κ1) is 21.8. The summed E-state index contributed by atoms with van der Waals surface area (Å²) in [5.74, 6) is -0.407. The molecular formula is C25H29NO4. The van der Waals surface area contributed by atoms with E-state index in [1.54, 1.807) is 0 Å². The minimum atomic E-state index is -0.533. The number of imide groups is 1. The van der Waals surface area contributed by atoms with Crippen LogP contribution in [0.25, 0.3) is 0 Å². The smallest absolute Gasteiger partial charge is 0.416 e. The second kappa shape index (κ2) is 11.3. The van der Waals surface area contributed by atoms with Gasteiger partial charge in [-0.05, 0) is 30.4 Å². The van der Waals surface area contributed by atoms with Crippen molar-refractivity contribution in [2.24, 2.45) is 5.92 Å². The van der Waals surface area contributed by atoms with Crippen LogP contribution >= 0.6 is 0 Å². The Kier molecular flexibility index (Phi) is 8.21. The van der Waals surface area contributed by atoms with Crippen molar-refractivity contribution in [3.05, 3.63) is 83.9 Å². The van der Waals surface area contributed by atoms with Crippen molar-refractivity contribution in [3.63, 3.8) is 0 Å². The molecular weight excluding hydrogens is 378 g/mol. The molecule has 1 saturated heterocycles. The molecule has 0 unspecified atom stereocenters. The molecule has 2 aromatic carbocycles. The van der Waals surface area contributed by atoms with E-state index in [2.05, 4.69) is 0 Å². The Morgan fingerprint density at radius 2 is 1.77 bits per heavy atom. The van der Waals surface area contributed by atoms with E-state index >= 15 is 0 Å². The summed E-state index contributed by atoms with van der Waals surface area (Å²) in [6, 6.07) is 19.6. The predicted octanol–water partition coefficient (Wildman–Crippen LogP) is 4.77. The predicted molar refractivity (Wildman–Crippen MR) is 116 cm³/mol. The number of rotatable bonds is 10. The number of hydrogen-bond donors (Lipinski definition) is 0. The number of carbonyl (C=O) groups excluding carboxylic acids is 2. The summed E-state index contributed by atoms with van der Waals surface area (Å²) < 4.78 is 10.8. The molecule has 0 spiro atoms. The van der Waals surface area contributed by atoms with Crippen LogP contribution in [0.5, 0.6) is 0 Å². The summed E-state index contributed by atoms with van der Waals surface area (Å²) in [6.45, 7) is 3.26. The van der Waals surface area contributed by atoms with E-state index < -0.39 is 6.09 Å². The third kappa shape index (κ3) is 6.04.